The van der Waals surface area contributed by atoms with Gasteiger partial charge in [0.2, 0.25) is 0 Å². The van der Waals surface area contributed by atoms with Gasteiger partial charge < -0.3 is 0 Å². The van der Waals surface area contributed by atoms with Crippen LogP contribution in [0.5, 0.6) is 0 Å². The molecule has 4 unspecified atom stereocenters. The van der Waals surface area contributed by atoms with Crippen LogP contribution in [0.3, 0.4) is 0 Å². The average Bonchev–Trinajstić information content (AvgIpc) is 3.02. The van der Waals surface area contributed by atoms with Gasteiger partial charge in [-0.05, 0) is 197 Å². The lowest BCUT2D eigenvalue weighted by Gasteiger charge is -2.76. The van der Waals surface area contributed by atoms with Gasteiger partial charge in [-0.25, -0.2) is 0 Å². The van der Waals surface area contributed by atoms with Gasteiger partial charge in [-0.15, -0.1) is 19.3 Å². The zero-order chi connectivity index (χ0) is 35.0. The third-order valence-corrected chi connectivity index (χ3v) is 15.8. The molecule has 0 amide bonds. The van der Waals surface area contributed by atoms with E-state index in [9.17, 15) is 0 Å². The van der Waals surface area contributed by atoms with Crippen molar-refractivity contribution in [2.75, 3.05) is 0 Å². The second-order valence-electron chi connectivity index (χ2n) is 19.3. The third-order valence-electron chi connectivity index (χ3n) is 15.8. The van der Waals surface area contributed by atoms with Crippen LogP contribution in [0.15, 0.2) is 36.4 Å². The van der Waals surface area contributed by atoms with Crippen LogP contribution < -0.4 is 0 Å². The van der Waals surface area contributed by atoms with Gasteiger partial charge in [-0.2, -0.15) is 0 Å². The van der Waals surface area contributed by atoms with Crippen molar-refractivity contribution in [2.45, 2.75) is 135 Å². The Hall–Kier alpha value is -3.66. The van der Waals surface area contributed by atoms with Crippen LogP contribution in [-0.4, -0.2) is 0 Å². The van der Waals surface area contributed by atoms with Gasteiger partial charge >= 0.3 is 0 Å². The van der Waals surface area contributed by atoms with E-state index in [0.717, 1.165) is 23.0 Å². The van der Waals surface area contributed by atoms with E-state index < -0.39 is 0 Å². The molecule has 8 bridgehead atoms. The normalized spacial score (nSPS) is 37.4. The zero-order valence-corrected chi connectivity index (χ0v) is 31.4. The molecule has 3 aromatic rings. The summed E-state index contributed by atoms with van der Waals surface area (Å²) in [6.45, 7) is 13.6. The molecule has 11 rings (SSSR count). The van der Waals surface area contributed by atoms with Gasteiger partial charge in [0.05, 0.1) is 0 Å². The molecule has 50 heavy (non-hydrogen) atoms. The van der Waals surface area contributed by atoms with Crippen LogP contribution in [0.4, 0.5) is 0 Å². The van der Waals surface area contributed by atoms with Crippen molar-refractivity contribution < 1.29 is 0 Å². The molecule has 0 spiro atoms. The van der Waals surface area contributed by atoms with Crippen LogP contribution in [0.2, 0.25) is 0 Å². The summed E-state index contributed by atoms with van der Waals surface area (Å²) in [5, 5.41) is 0. The van der Waals surface area contributed by atoms with Gasteiger partial charge in [-0.1, -0.05) is 70.8 Å². The first-order chi connectivity index (χ1) is 23.8. The lowest BCUT2D eigenvalue weighted by molar-refractivity contribution is -0.218. The number of hydrogen-bond donors (Lipinski definition) is 0. The highest BCUT2D eigenvalue weighted by molar-refractivity contribution is 5.57. The highest BCUT2D eigenvalue weighted by Gasteiger charge is 2.73. The fourth-order valence-electron chi connectivity index (χ4n) is 15.6. The third kappa shape index (κ3) is 4.23. The maximum absolute atomic E-state index is 6.47. The Morgan fingerprint density at radius 2 is 0.800 bits per heavy atom. The molecule has 254 valence electrons. The smallest absolute Gasteiger partial charge is 0.0309 e. The Labute approximate surface area is 302 Å². The predicted octanol–water partition coefficient (Wildman–Crippen LogP) is 11.2. The molecular formula is C50H54. The maximum Gasteiger partial charge on any atom is 0.0309 e. The van der Waals surface area contributed by atoms with Gasteiger partial charge in [0.15, 0.2) is 0 Å². The summed E-state index contributed by atoms with van der Waals surface area (Å²) in [5.74, 6) is 12.0. The summed E-state index contributed by atoms with van der Waals surface area (Å²) in [6.07, 6.45) is 35.1. The van der Waals surface area contributed by atoms with Crippen LogP contribution in [0.25, 0.3) is 0 Å². The molecule has 8 saturated carbocycles. The largest absolute Gasteiger partial charge is 0.115 e. The van der Waals surface area contributed by atoms with Crippen molar-refractivity contribution in [2.24, 2.45) is 28.6 Å². The van der Waals surface area contributed by atoms with Crippen molar-refractivity contribution >= 4 is 0 Å². The molecule has 8 aliphatic carbocycles. The molecule has 8 aliphatic rings. The molecule has 4 atom stereocenters. The van der Waals surface area contributed by atoms with Gasteiger partial charge in [-0.3, -0.25) is 0 Å². The van der Waals surface area contributed by atoms with Crippen molar-refractivity contribution in [3.8, 4) is 37.0 Å². The van der Waals surface area contributed by atoms with Gasteiger partial charge in [0, 0.05) is 16.7 Å². The summed E-state index contributed by atoms with van der Waals surface area (Å²) < 4.78 is 0. The van der Waals surface area contributed by atoms with Crippen LogP contribution in [-0.2, 0) is 16.2 Å². The number of terminal acetylenes is 3. The molecule has 0 N–H and O–H groups in total. The second-order valence-corrected chi connectivity index (χ2v) is 19.3. The van der Waals surface area contributed by atoms with E-state index >= 15 is 0 Å². The first-order valence-corrected chi connectivity index (χ1v) is 19.6. The van der Waals surface area contributed by atoms with Crippen molar-refractivity contribution in [1.82, 2.24) is 0 Å². The van der Waals surface area contributed by atoms with Crippen molar-refractivity contribution in [1.29, 1.82) is 0 Å². The molecule has 0 heteroatoms. The van der Waals surface area contributed by atoms with E-state index in [-0.39, 0.29) is 21.7 Å². The van der Waals surface area contributed by atoms with E-state index in [2.05, 4.69) is 95.7 Å². The standard InChI is InChI=1S/C50H54/c1-10-40-34(7)13-31(4)16-43(40)46-20-37-19-38(21-46)25-49(24-37,28-46)50-26-39-22-47(29-50,44-17-32(5)14-35(8)41(44)11-2)27-48(23-39,30-50)45-18-33(6)15-36(9)42(45)12-3/h1-3,13-18,37-39H,19-30H2,4-9H3. The van der Waals surface area contributed by atoms with Crippen LogP contribution >= 0.6 is 0 Å². The lowest BCUT2D eigenvalue weighted by atomic mass is 9.28. The topological polar surface area (TPSA) is 0 Å². The summed E-state index contributed by atoms with van der Waals surface area (Å²) >= 11 is 0. The van der Waals surface area contributed by atoms with Gasteiger partial charge in [0.1, 0.15) is 0 Å². The Morgan fingerprint density at radius 3 is 1.22 bits per heavy atom. The Kier molecular flexibility index (Phi) is 6.75. The summed E-state index contributed by atoms with van der Waals surface area (Å²) in [4.78, 5) is 0. The summed E-state index contributed by atoms with van der Waals surface area (Å²) in [6, 6.07) is 14.4. The van der Waals surface area contributed by atoms with Crippen LogP contribution in [0, 0.1) is 107 Å². The summed E-state index contributed by atoms with van der Waals surface area (Å²) in [7, 11) is 0. The monoisotopic (exact) mass is 654 g/mol. The average molecular weight is 655 g/mol. The molecule has 0 saturated heterocycles. The number of hydrogen-bond acceptors (Lipinski definition) is 0. The first kappa shape index (κ1) is 32.3. The molecule has 0 aliphatic heterocycles. The molecule has 0 heterocycles. The highest BCUT2D eigenvalue weighted by Crippen LogP contribution is 2.81. The zero-order valence-electron chi connectivity index (χ0n) is 31.4. The van der Waals surface area contributed by atoms with E-state index in [1.807, 2.05) is 0 Å². The molecule has 0 aromatic heterocycles. The number of aryl methyl sites for hydroxylation is 6. The molecule has 0 nitrogen and oxygen atoms in total. The minimum atomic E-state index is 0.0574. The molecular weight excluding hydrogens is 601 g/mol. The van der Waals surface area contributed by atoms with Crippen molar-refractivity contribution in [3.05, 3.63) is 103 Å². The fourth-order valence-corrected chi connectivity index (χ4v) is 15.6. The SMILES string of the molecule is C#Cc1c(C)cc(C)cc1C12CC3CC(C1)CC(C14CC5CC(c6cc(C)cc(C)c6C#C)(CC(c6cc(C)cc(C)c6C#C)(C5)C1)C4)(C3)C2. The Bertz CT molecular complexity index is 2010. The van der Waals surface area contributed by atoms with E-state index in [1.165, 1.54) is 133 Å². The minimum absolute atomic E-state index is 0.0574. The lowest BCUT2D eigenvalue weighted by Crippen LogP contribution is -2.69. The molecule has 3 aromatic carbocycles. The minimum Gasteiger partial charge on any atom is -0.115 e. The summed E-state index contributed by atoms with van der Waals surface area (Å²) in [5.41, 5.74) is 16.7. The van der Waals surface area contributed by atoms with E-state index in [0.29, 0.717) is 11.3 Å². The Morgan fingerprint density at radius 1 is 0.440 bits per heavy atom. The highest BCUT2D eigenvalue weighted by atomic mass is 14.8. The Balaban J connectivity index is 1.29. The molecule has 8 fully saturated rings. The van der Waals surface area contributed by atoms with E-state index in [4.69, 9.17) is 19.3 Å². The van der Waals surface area contributed by atoms with Crippen molar-refractivity contribution in [3.63, 3.8) is 0 Å². The number of rotatable bonds is 4. The molecule has 0 radical (unpaired) electrons. The van der Waals surface area contributed by atoms with Gasteiger partial charge in [0.25, 0.3) is 0 Å². The second kappa shape index (κ2) is 10.5. The van der Waals surface area contributed by atoms with E-state index in [1.54, 1.807) is 0 Å². The fraction of sp³-hybridized carbons (Fsp3) is 0.520. The van der Waals surface area contributed by atoms with Crippen LogP contribution in [0.1, 0.15) is 144 Å². The first-order valence-electron chi connectivity index (χ1n) is 19.6. The maximum atomic E-state index is 6.47. The predicted molar refractivity (Wildman–Crippen MR) is 207 cm³/mol. The number of benzene rings is 3. The quantitative estimate of drug-likeness (QED) is 0.246.